The summed E-state index contributed by atoms with van der Waals surface area (Å²) in [6.45, 7) is 6.24. The van der Waals surface area contributed by atoms with Crippen molar-refractivity contribution in [1.29, 1.82) is 0 Å². The van der Waals surface area contributed by atoms with Crippen LogP contribution in [0.3, 0.4) is 0 Å². The van der Waals surface area contributed by atoms with Crippen LogP contribution >= 0.6 is 36.4 Å². The van der Waals surface area contributed by atoms with Crippen molar-refractivity contribution in [2.45, 2.75) is 25.9 Å². The van der Waals surface area contributed by atoms with Gasteiger partial charge in [-0.25, -0.2) is 0 Å². The lowest BCUT2D eigenvalue weighted by molar-refractivity contribution is -0.135. The van der Waals surface area contributed by atoms with Crippen LogP contribution in [0.5, 0.6) is 0 Å². The Morgan fingerprint density at radius 3 is 2.31 bits per heavy atom. The van der Waals surface area contributed by atoms with Gasteiger partial charge in [-0.05, 0) is 29.7 Å². The molecule has 29 heavy (non-hydrogen) atoms. The van der Waals surface area contributed by atoms with Gasteiger partial charge in [0.15, 0.2) is 0 Å². The number of hydrogen-bond donors (Lipinski definition) is 1. The summed E-state index contributed by atoms with van der Waals surface area (Å²) < 4.78 is 0. The zero-order valence-electron chi connectivity index (χ0n) is 16.7. The molecular formula is C22H30Cl3N3O. The van der Waals surface area contributed by atoms with Crippen molar-refractivity contribution in [2.24, 2.45) is 11.7 Å². The summed E-state index contributed by atoms with van der Waals surface area (Å²) in [4.78, 5) is 17.4. The van der Waals surface area contributed by atoms with Crippen molar-refractivity contribution in [3.05, 3.63) is 70.7 Å². The van der Waals surface area contributed by atoms with Gasteiger partial charge in [0.2, 0.25) is 5.91 Å². The molecule has 160 valence electrons. The lowest BCUT2D eigenvalue weighted by Crippen LogP contribution is -2.41. The van der Waals surface area contributed by atoms with Crippen molar-refractivity contribution < 1.29 is 4.79 Å². The fourth-order valence-corrected chi connectivity index (χ4v) is 3.73. The molecule has 4 nitrogen and oxygen atoms in total. The van der Waals surface area contributed by atoms with Crippen LogP contribution in [0.15, 0.2) is 54.6 Å². The van der Waals surface area contributed by atoms with E-state index < -0.39 is 0 Å². The Kier molecular flexibility index (Phi) is 11.0. The Hall–Kier alpha value is -1.30. The summed E-state index contributed by atoms with van der Waals surface area (Å²) in [5.74, 6) is -0.0742. The number of nitrogens with two attached hydrogens (primary N) is 1. The van der Waals surface area contributed by atoms with Gasteiger partial charge in [0.25, 0.3) is 0 Å². The molecule has 0 aromatic heterocycles. The average molecular weight is 459 g/mol. The van der Waals surface area contributed by atoms with Crippen molar-refractivity contribution in [3.8, 4) is 0 Å². The first-order valence-electron chi connectivity index (χ1n) is 9.60. The summed E-state index contributed by atoms with van der Waals surface area (Å²) in [7, 11) is 0. The topological polar surface area (TPSA) is 49.6 Å². The Balaban J connectivity index is 0.00000210. The quantitative estimate of drug-likeness (QED) is 0.715. The van der Waals surface area contributed by atoms with Crippen molar-refractivity contribution in [1.82, 2.24) is 9.80 Å². The average Bonchev–Trinajstić information content (AvgIpc) is 2.94. The van der Waals surface area contributed by atoms with Gasteiger partial charge in [-0.15, -0.1) is 24.8 Å². The summed E-state index contributed by atoms with van der Waals surface area (Å²) in [5.41, 5.74) is 8.62. The van der Waals surface area contributed by atoms with E-state index in [1.165, 1.54) is 5.56 Å². The second-order valence-electron chi connectivity index (χ2n) is 7.31. The van der Waals surface area contributed by atoms with Crippen LogP contribution in [0.2, 0.25) is 5.02 Å². The highest BCUT2D eigenvalue weighted by molar-refractivity contribution is 6.30. The molecule has 1 heterocycles. The van der Waals surface area contributed by atoms with E-state index >= 15 is 0 Å². The molecule has 3 rings (SSSR count). The molecule has 0 saturated carbocycles. The van der Waals surface area contributed by atoms with Gasteiger partial charge < -0.3 is 10.6 Å². The Labute approximate surface area is 191 Å². The maximum absolute atomic E-state index is 13.0. The van der Waals surface area contributed by atoms with E-state index in [1.807, 2.05) is 54.3 Å². The molecule has 2 aromatic carbocycles. The molecule has 2 aromatic rings. The van der Waals surface area contributed by atoms with Crippen LogP contribution < -0.4 is 5.73 Å². The Bertz CT molecular complexity index is 743. The fraction of sp³-hybridized carbons (Fsp3) is 0.409. The van der Waals surface area contributed by atoms with Crippen LogP contribution in [0.25, 0.3) is 0 Å². The summed E-state index contributed by atoms with van der Waals surface area (Å²) in [6.07, 6.45) is 0.979. The number of nitrogens with zero attached hydrogens (tertiary/aromatic N) is 2. The number of amides is 1. The van der Waals surface area contributed by atoms with E-state index in [9.17, 15) is 4.79 Å². The van der Waals surface area contributed by atoms with E-state index in [2.05, 4.69) is 17.0 Å². The molecule has 1 amide bonds. The summed E-state index contributed by atoms with van der Waals surface area (Å²) in [6, 6.07) is 17.6. The molecule has 2 atom stereocenters. The van der Waals surface area contributed by atoms with Gasteiger partial charge in [0.05, 0.1) is 5.92 Å². The molecule has 0 aliphatic carbocycles. The smallest absolute Gasteiger partial charge is 0.227 e. The molecule has 1 aliphatic heterocycles. The second kappa shape index (κ2) is 12.4. The lowest BCUT2D eigenvalue weighted by Gasteiger charge is -2.28. The third kappa shape index (κ3) is 7.16. The number of rotatable bonds is 5. The van der Waals surface area contributed by atoms with E-state index in [-0.39, 0.29) is 42.7 Å². The minimum Gasteiger partial charge on any atom is -0.341 e. The number of carbonyl (C=O) groups is 1. The van der Waals surface area contributed by atoms with Gasteiger partial charge >= 0.3 is 0 Å². The third-order valence-corrected chi connectivity index (χ3v) is 5.58. The van der Waals surface area contributed by atoms with Crippen LogP contribution in [0, 0.1) is 5.92 Å². The molecule has 0 spiro atoms. The van der Waals surface area contributed by atoms with E-state index in [1.54, 1.807) is 0 Å². The maximum atomic E-state index is 13.0. The van der Waals surface area contributed by atoms with Gasteiger partial charge in [0.1, 0.15) is 0 Å². The second-order valence-corrected chi connectivity index (χ2v) is 7.74. The number of benzene rings is 2. The highest BCUT2D eigenvalue weighted by Crippen LogP contribution is 2.22. The van der Waals surface area contributed by atoms with E-state index in [0.717, 1.165) is 49.7 Å². The minimum absolute atomic E-state index is 0. The Morgan fingerprint density at radius 2 is 1.66 bits per heavy atom. The van der Waals surface area contributed by atoms with Crippen LogP contribution in [-0.4, -0.2) is 41.9 Å². The van der Waals surface area contributed by atoms with Crippen molar-refractivity contribution in [2.75, 3.05) is 26.2 Å². The molecule has 7 heteroatoms. The number of carbonyl (C=O) groups excluding carboxylic acids is 1. The van der Waals surface area contributed by atoms with E-state index in [4.69, 9.17) is 17.3 Å². The first-order chi connectivity index (χ1) is 13.0. The van der Waals surface area contributed by atoms with Crippen LogP contribution in [-0.2, 0) is 11.3 Å². The fourth-order valence-electron chi connectivity index (χ4n) is 3.60. The predicted molar refractivity (Wildman–Crippen MR) is 125 cm³/mol. The van der Waals surface area contributed by atoms with Gasteiger partial charge in [-0.1, -0.05) is 61.0 Å². The summed E-state index contributed by atoms with van der Waals surface area (Å²) in [5, 5.41) is 0.759. The molecule has 1 aliphatic rings. The first kappa shape index (κ1) is 25.7. The standard InChI is InChI=1S/C22H28ClN3O.2ClH/c1-17(21(24)19-6-3-2-4-7-19)22(27)26-13-5-12-25(14-15-26)16-18-8-10-20(23)11-9-18;;/h2-4,6-11,17,21H,5,12-16,24H2,1H3;2*1H. The monoisotopic (exact) mass is 457 g/mol. The molecule has 0 radical (unpaired) electrons. The molecule has 1 fully saturated rings. The van der Waals surface area contributed by atoms with E-state index in [0.29, 0.717) is 0 Å². The molecule has 0 bridgehead atoms. The molecular weight excluding hydrogens is 429 g/mol. The number of halogens is 3. The van der Waals surface area contributed by atoms with Crippen LogP contribution in [0.4, 0.5) is 0 Å². The van der Waals surface area contributed by atoms with Crippen molar-refractivity contribution in [3.63, 3.8) is 0 Å². The summed E-state index contributed by atoms with van der Waals surface area (Å²) >= 11 is 5.97. The predicted octanol–water partition coefficient (Wildman–Crippen LogP) is 4.55. The SMILES string of the molecule is CC(C(=O)N1CCCN(Cc2ccc(Cl)cc2)CC1)C(N)c1ccccc1.Cl.Cl. The van der Waals surface area contributed by atoms with Gasteiger partial charge in [-0.2, -0.15) is 0 Å². The van der Waals surface area contributed by atoms with Crippen molar-refractivity contribution >= 4 is 42.3 Å². The maximum Gasteiger partial charge on any atom is 0.227 e. The van der Waals surface area contributed by atoms with Gasteiger partial charge in [0, 0.05) is 43.8 Å². The highest BCUT2D eigenvalue weighted by Gasteiger charge is 2.28. The van der Waals surface area contributed by atoms with Crippen LogP contribution in [0.1, 0.15) is 30.5 Å². The molecule has 1 saturated heterocycles. The lowest BCUT2D eigenvalue weighted by atomic mass is 9.94. The van der Waals surface area contributed by atoms with Gasteiger partial charge in [-0.3, -0.25) is 9.69 Å². The largest absolute Gasteiger partial charge is 0.341 e. The zero-order chi connectivity index (χ0) is 19.2. The highest BCUT2D eigenvalue weighted by atomic mass is 35.5. The Morgan fingerprint density at radius 1 is 1.00 bits per heavy atom. The molecule has 2 unspecified atom stereocenters. The normalized spacial score (nSPS) is 16.7. The number of hydrogen-bond acceptors (Lipinski definition) is 3. The first-order valence-corrected chi connectivity index (χ1v) is 9.98. The minimum atomic E-state index is -0.271. The third-order valence-electron chi connectivity index (χ3n) is 5.33. The molecule has 2 N–H and O–H groups in total. The zero-order valence-corrected chi connectivity index (χ0v) is 19.1.